The van der Waals surface area contributed by atoms with Gasteiger partial charge in [-0.05, 0) is 25.7 Å². The second kappa shape index (κ2) is 5.71. The molecule has 0 amide bonds. The fourth-order valence-corrected chi connectivity index (χ4v) is 2.32. The van der Waals surface area contributed by atoms with E-state index >= 15 is 0 Å². The molecular formula is C11H17F3O3. The van der Waals surface area contributed by atoms with Crippen LogP contribution in [0.5, 0.6) is 0 Å². The second-order valence-electron chi connectivity index (χ2n) is 4.56. The van der Waals surface area contributed by atoms with Crippen LogP contribution in [-0.2, 0) is 9.53 Å². The lowest BCUT2D eigenvalue weighted by molar-refractivity contribution is -0.174. The summed E-state index contributed by atoms with van der Waals surface area (Å²) in [4.78, 5) is 11.1. The summed E-state index contributed by atoms with van der Waals surface area (Å²) in [6, 6.07) is 0. The van der Waals surface area contributed by atoms with Crippen LogP contribution in [0.15, 0.2) is 0 Å². The van der Waals surface area contributed by atoms with E-state index in [1.165, 1.54) is 0 Å². The molecule has 1 rings (SSSR count). The maximum Gasteiger partial charge on any atom is 0.411 e. The van der Waals surface area contributed by atoms with Crippen molar-refractivity contribution in [2.45, 2.75) is 44.7 Å². The molecule has 0 aromatic rings. The Kier molecular flexibility index (Phi) is 4.80. The molecule has 1 fully saturated rings. The molecule has 0 bridgehead atoms. The molecular weight excluding hydrogens is 237 g/mol. The number of alkyl halides is 3. The van der Waals surface area contributed by atoms with Crippen molar-refractivity contribution < 1.29 is 27.8 Å². The Labute approximate surface area is 97.9 Å². The van der Waals surface area contributed by atoms with Gasteiger partial charge in [0, 0.05) is 6.61 Å². The van der Waals surface area contributed by atoms with Crippen LogP contribution in [0.2, 0.25) is 0 Å². The van der Waals surface area contributed by atoms with Crippen LogP contribution in [0.25, 0.3) is 0 Å². The average Bonchev–Trinajstić information content (AvgIpc) is 2.65. The highest BCUT2D eigenvalue weighted by atomic mass is 19.4. The number of rotatable bonds is 6. The highest BCUT2D eigenvalue weighted by Gasteiger charge is 2.40. The lowest BCUT2D eigenvalue weighted by atomic mass is 9.82. The number of aliphatic carboxylic acids is 1. The van der Waals surface area contributed by atoms with Gasteiger partial charge in [0.15, 0.2) is 0 Å². The van der Waals surface area contributed by atoms with E-state index in [9.17, 15) is 18.0 Å². The van der Waals surface area contributed by atoms with Gasteiger partial charge >= 0.3 is 12.1 Å². The van der Waals surface area contributed by atoms with Crippen molar-refractivity contribution in [3.8, 4) is 0 Å². The Balaban J connectivity index is 2.23. The largest absolute Gasteiger partial charge is 0.481 e. The van der Waals surface area contributed by atoms with E-state index in [-0.39, 0.29) is 6.61 Å². The second-order valence-corrected chi connectivity index (χ2v) is 4.56. The molecule has 17 heavy (non-hydrogen) atoms. The Morgan fingerprint density at radius 3 is 2.35 bits per heavy atom. The Morgan fingerprint density at radius 1 is 1.29 bits per heavy atom. The predicted octanol–water partition coefficient (Wildman–Crippen LogP) is 2.99. The van der Waals surface area contributed by atoms with Crippen LogP contribution in [0.3, 0.4) is 0 Å². The molecule has 0 heterocycles. The number of carbonyl (C=O) groups is 1. The number of carboxylic acids is 1. The van der Waals surface area contributed by atoms with E-state index in [2.05, 4.69) is 4.74 Å². The normalized spacial score (nSPS) is 19.5. The van der Waals surface area contributed by atoms with Gasteiger partial charge in [-0.15, -0.1) is 0 Å². The van der Waals surface area contributed by atoms with E-state index in [1.54, 1.807) is 0 Å². The van der Waals surface area contributed by atoms with Gasteiger partial charge in [-0.2, -0.15) is 13.2 Å². The fourth-order valence-electron chi connectivity index (χ4n) is 2.32. The molecule has 0 atom stereocenters. The molecule has 0 aromatic heterocycles. The summed E-state index contributed by atoms with van der Waals surface area (Å²) in [5.74, 6) is -0.828. The molecule has 0 aromatic carbocycles. The molecule has 6 heteroatoms. The van der Waals surface area contributed by atoms with Crippen molar-refractivity contribution in [2.75, 3.05) is 13.2 Å². The van der Waals surface area contributed by atoms with Crippen LogP contribution in [-0.4, -0.2) is 30.5 Å². The minimum Gasteiger partial charge on any atom is -0.481 e. The monoisotopic (exact) mass is 254 g/mol. The number of ether oxygens (including phenoxy) is 1. The summed E-state index contributed by atoms with van der Waals surface area (Å²) in [5, 5.41) is 9.13. The topological polar surface area (TPSA) is 46.5 Å². The summed E-state index contributed by atoms with van der Waals surface area (Å²) in [5.41, 5.74) is -0.721. The molecule has 0 saturated heterocycles. The molecule has 1 saturated carbocycles. The Morgan fingerprint density at radius 2 is 1.88 bits per heavy atom. The molecule has 100 valence electrons. The number of hydrogen-bond acceptors (Lipinski definition) is 2. The molecule has 1 aliphatic rings. The first-order valence-electron chi connectivity index (χ1n) is 5.74. The van der Waals surface area contributed by atoms with Crippen LogP contribution in [0.4, 0.5) is 13.2 Å². The predicted molar refractivity (Wildman–Crippen MR) is 54.6 cm³/mol. The lowest BCUT2D eigenvalue weighted by Gasteiger charge is -2.23. The summed E-state index contributed by atoms with van der Waals surface area (Å²) in [6.07, 6.45) is -0.519. The molecule has 0 unspecified atom stereocenters. The number of hydrogen-bond donors (Lipinski definition) is 1. The van der Waals surface area contributed by atoms with Gasteiger partial charge in [-0.1, -0.05) is 12.8 Å². The van der Waals surface area contributed by atoms with Gasteiger partial charge in [0.1, 0.15) is 6.61 Å². The Hall–Kier alpha value is -0.780. The molecule has 0 spiro atoms. The third kappa shape index (κ3) is 4.53. The van der Waals surface area contributed by atoms with E-state index in [0.717, 1.165) is 12.8 Å². The number of carboxylic acid groups (broad SMARTS) is 1. The van der Waals surface area contributed by atoms with Crippen molar-refractivity contribution in [2.24, 2.45) is 5.41 Å². The third-order valence-corrected chi connectivity index (χ3v) is 3.22. The highest BCUT2D eigenvalue weighted by molar-refractivity contribution is 5.74. The SMILES string of the molecule is O=C(O)C1(CCCOCC(F)(F)F)CCCC1. The van der Waals surface area contributed by atoms with Crippen molar-refractivity contribution in [1.29, 1.82) is 0 Å². The van der Waals surface area contributed by atoms with Crippen LogP contribution >= 0.6 is 0 Å². The fraction of sp³-hybridized carbons (Fsp3) is 0.909. The van der Waals surface area contributed by atoms with E-state index < -0.39 is 24.2 Å². The summed E-state index contributed by atoms with van der Waals surface area (Å²) in [6.45, 7) is -1.29. The molecule has 0 radical (unpaired) electrons. The van der Waals surface area contributed by atoms with Crippen molar-refractivity contribution in [1.82, 2.24) is 0 Å². The van der Waals surface area contributed by atoms with Crippen molar-refractivity contribution in [3.05, 3.63) is 0 Å². The summed E-state index contributed by atoms with van der Waals surface area (Å²) >= 11 is 0. The summed E-state index contributed by atoms with van der Waals surface area (Å²) < 4.78 is 39.8. The van der Waals surface area contributed by atoms with Gasteiger partial charge in [0.05, 0.1) is 5.41 Å². The van der Waals surface area contributed by atoms with Crippen molar-refractivity contribution >= 4 is 5.97 Å². The first kappa shape index (κ1) is 14.3. The van der Waals surface area contributed by atoms with E-state index in [0.29, 0.717) is 25.7 Å². The minimum absolute atomic E-state index is 0.0332. The van der Waals surface area contributed by atoms with Gasteiger partial charge < -0.3 is 9.84 Å². The van der Waals surface area contributed by atoms with Crippen LogP contribution in [0.1, 0.15) is 38.5 Å². The lowest BCUT2D eigenvalue weighted by Crippen LogP contribution is -2.28. The van der Waals surface area contributed by atoms with Gasteiger partial charge in [0.2, 0.25) is 0 Å². The zero-order chi connectivity index (χ0) is 12.9. The third-order valence-electron chi connectivity index (χ3n) is 3.22. The zero-order valence-electron chi connectivity index (χ0n) is 9.55. The van der Waals surface area contributed by atoms with Crippen LogP contribution in [0, 0.1) is 5.41 Å². The van der Waals surface area contributed by atoms with Gasteiger partial charge in [-0.3, -0.25) is 4.79 Å². The van der Waals surface area contributed by atoms with Gasteiger partial charge in [-0.25, -0.2) is 0 Å². The van der Waals surface area contributed by atoms with E-state index in [1.807, 2.05) is 0 Å². The first-order chi connectivity index (χ1) is 7.86. The zero-order valence-corrected chi connectivity index (χ0v) is 9.55. The summed E-state index contributed by atoms with van der Waals surface area (Å²) in [7, 11) is 0. The standard InChI is InChI=1S/C11H17F3O3/c12-11(13,14)8-17-7-3-6-10(9(15)16)4-1-2-5-10/h1-8H2,(H,15,16). The molecule has 3 nitrogen and oxygen atoms in total. The van der Waals surface area contributed by atoms with E-state index in [4.69, 9.17) is 5.11 Å². The minimum atomic E-state index is -4.31. The first-order valence-corrected chi connectivity index (χ1v) is 5.74. The maximum atomic E-state index is 11.8. The molecule has 1 N–H and O–H groups in total. The maximum absolute atomic E-state index is 11.8. The smallest absolute Gasteiger partial charge is 0.411 e. The number of halogens is 3. The molecule has 1 aliphatic carbocycles. The Bertz CT molecular complexity index is 257. The van der Waals surface area contributed by atoms with Crippen LogP contribution < -0.4 is 0 Å². The molecule has 0 aliphatic heterocycles. The van der Waals surface area contributed by atoms with Gasteiger partial charge in [0.25, 0.3) is 0 Å². The quantitative estimate of drug-likeness (QED) is 0.741. The van der Waals surface area contributed by atoms with Crippen molar-refractivity contribution in [3.63, 3.8) is 0 Å². The average molecular weight is 254 g/mol. The highest BCUT2D eigenvalue weighted by Crippen LogP contribution is 2.42.